The standard InChI is InChI=1S/C17H25N3O2/c1-3-4-12-22-14(2)17(21)19-15-13-18-9-8-16(15)20-10-6-5-7-11-20/h3,8-9,13-14H,1,4-7,10-12H2,2H3,(H,19,21). The van der Waals surface area contributed by atoms with E-state index in [1.54, 1.807) is 25.4 Å². The number of carbonyl (C=O) groups excluding carboxylic acids is 1. The third kappa shape index (κ3) is 4.56. The number of anilines is 2. The van der Waals surface area contributed by atoms with Crippen LogP contribution < -0.4 is 10.2 Å². The first-order chi connectivity index (χ1) is 10.7. The molecular formula is C17H25N3O2. The zero-order valence-corrected chi connectivity index (χ0v) is 13.3. The van der Waals surface area contributed by atoms with Gasteiger partial charge in [0.25, 0.3) is 5.91 Å². The largest absolute Gasteiger partial charge is 0.370 e. The maximum atomic E-state index is 12.2. The highest BCUT2D eigenvalue weighted by molar-refractivity contribution is 5.96. The number of piperidine rings is 1. The molecule has 1 saturated heterocycles. The normalized spacial score (nSPS) is 16.1. The van der Waals surface area contributed by atoms with E-state index in [1.807, 2.05) is 6.07 Å². The molecule has 1 atom stereocenters. The van der Waals surface area contributed by atoms with Gasteiger partial charge in [-0.05, 0) is 38.7 Å². The smallest absolute Gasteiger partial charge is 0.253 e. The van der Waals surface area contributed by atoms with Crippen molar-refractivity contribution in [1.82, 2.24) is 4.98 Å². The van der Waals surface area contributed by atoms with E-state index < -0.39 is 6.10 Å². The Morgan fingerprint density at radius 1 is 1.50 bits per heavy atom. The summed E-state index contributed by atoms with van der Waals surface area (Å²) in [5, 5.41) is 2.94. The van der Waals surface area contributed by atoms with Gasteiger partial charge in [-0.25, -0.2) is 0 Å². The van der Waals surface area contributed by atoms with Crippen LogP contribution in [0.5, 0.6) is 0 Å². The van der Waals surface area contributed by atoms with Crippen LogP contribution in [0.2, 0.25) is 0 Å². The van der Waals surface area contributed by atoms with Gasteiger partial charge >= 0.3 is 0 Å². The summed E-state index contributed by atoms with van der Waals surface area (Å²) in [6, 6.07) is 1.96. The topological polar surface area (TPSA) is 54.5 Å². The van der Waals surface area contributed by atoms with E-state index >= 15 is 0 Å². The van der Waals surface area contributed by atoms with Gasteiger partial charge in [0.05, 0.1) is 24.2 Å². The van der Waals surface area contributed by atoms with Crippen LogP contribution in [0.15, 0.2) is 31.1 Å². The van der Waals surface area contributed by atoms with Gasteiger partial charge in [0.1, 0.15) is 6.10 Å². The Labute approximate surface area is 132 Å². The zero-order valence-electron chi connectivity index (χ0n) is 13.3. The first-order valence-electron chi connectivity index (χ1n) is 7.94. The molecule has 0 aromatic carbocycles. The molecule has 1 aliphatic heterocycles. The van der Waals surface area contributed by atoms with Crippen molar-refractivity contribution in [3.63, 3.8) is 0 Å². The molecule has 0 aliphatic carbocycles. The summed E-state index contributed by atoms with van der Waals surface area (Å²) in [4.78, 5) is 18.7. The van der Waals surface area contributed by atoms with E-state index in [0.29, 0.717) is 6.61 Å². The number of hydrogen-bond acceptors (Lipinski definition) is 4. The Hall–Kier alpha value is -1.88. The Balaban J connectivity index is 1.99. The van der Waals surface area contributed by atoms with Crippen LogP contribution in [0.3, 0.4) is 0 Å². The number of aromatic nitrogens is 1. The molecule has 2 heterocycles. The van der Waals surface area contributed by atoms with E-state index in [9.17, 15) is 4.79 Å². The highest BCUT2D eigenvalue weighted by Gasteiger charge is 2.18. The number of pyridine rings is 1. The SMILES string of the molecule is C=CCCOC(C)C(=O)Nc1cnccc1N1CCCCC1. The van der Waals surface area contributed by atoms with Gasteiger partial charge in [0.15, 0.2) is 0 Å². The number of carbonyl (C=O) groups is 1. The van der Waals surface area contributed by atoms with Crippen molar-refractivity contribution in [1.29, 1.82) is 0 Å². The van der Waals surface area contributed by atoms with E-state index in [1.165, 1.54) is 19.3 Å². The van der Waals surface area contributed by atoms with Gasteiger partial charge in [-0.3, -0.25) is 9.78 Å². The maximum absolute atomic E-state index is 12.2. The highest BCUT2D eigenvalue weighted by Crippen LogP contribution is 2.27. The van der Waals surface area contributed by atoms with E-state index in [0.717, 1.165) is 30.9 Å². The molecule has 1 fully saturated rings. The first kappa shape index (κ1) is 16.5. The molecule has 120 valence electrons. The molecular weight excluding hydrogens is 278 g/mol. The lowest BCUT2D eigenvalue weighted by molar-refractivity contribution is -0.126. The van der Waals surface area contributed by atoms with E-state index in [-0.39, 0.29) is 5.91 Å². The molecule has 2 rings (SSSR count). The van der Waals surface area contributed by atoms with Crippen LogP contribution in [0.4, 0.5) is 11.4 Å². The van der Waals surface area contributed by atoms with Gasteiger partial charge in [0, 0.05) is 19.3 Å². The molecule has 1 unspecified atom stereocenters. The maximum Gasteiger partial charge on any atom is 0.253 e. The van der Waals surface area contributed by atoms with Crippen molar-refractivity contribution in [3.05, 3.63) is 31.1 Å². The molecule has 1 amide bonds. The lowest BCUT2D eigenvalue weighted by atomic mass is 10.1. The number of nitrogens with one attached hydrogen (secondary N) is 1. The minimum absolute atomic E-state index is 0.143. The number of amides is 1. The van der Waals surface area contributed by atoms with Crippen LogP contribution in [0.25, 0.3) is 0 Å². The second kappa shape index (κ2) is 8.54. The molecule has 0 bridgehead atoms. The summed E-state index contributed by atoms with van der Waals surface area (Å²) in [5.41, 5.74) is 1.80. The molecule has 0 radical (unpaired) electrons. The Bertz CT molecular complexity index is 498. The van der Waals surface area contributed by atoms with Gasteiger partial charge in [-0.2, -0.15) is 0 Å². The Morgan fingerprint density at radius 2 is 2.27 bits per heavy atom. The first-order valence-corrected chi connectivity index (χ1v) is 7.94. The zero-order chi connectivity index (χ0) is 15.8. The van der Waals surface area contributed by atoms with Gasteiger partial charge in [0.2, 0.25) is 0 Å². The fourth-order valence-corrected chi connectivity index (χ4v) is 2.53. The van der Waals surface area contributed by atoms with Crippen LogP contribution in [0, 0.1) is 0 Å². The molecule has 1 N–H and O–H groups in total. The number of hydrogen-bond donors (Lipinski definition) is 1. The monoisotopic (exact) mass is 303 g/mol. The van der Waals surface area contributed by atoms with Gasteiger partial charge in [-0.15, -0.1) is 6.58 Å². The molecule has 1 aliphatic rings. The van der Waals surface area contributed by atoms with Crippen LogP contribution in [0.1, 0.15) is 32.6 Å². The van der Waals surface area contributed by atoms with Crippen molar-refractivity contribution < 1.29 is 9.53 Å². The summed E-state index contributed by atoms with van der Waals surface area (Å²) in [6.45, 7) is 7.95. The summed E-state index contributed by atoms with van der Waals surface area (Å²) in [6.07, 6.45) is 9.16. The van der Waals surface area contributed by atoms with Crippen molar-refractivity contribution in [3.8, 4) is 0 Å². The lowest BCUT2D eigenvalue weighted by Gasteiger charge is -2.30. The number of rotatable bonds is 7. The summed E-state index contributed by atoms with van der Waals surface area (Å²) in [7, 11) is 0. The second-order valence-corrected chi connectivity index (χ2v) is 5.52. The molecule has 5 nitrogen and oxygen atoms in total. The summed E-state index contributed by atoms with van der Waals surface area (Å²) < 4.78 is 5.48. The van der Waals surface area contributed by atoms with E-state index in [4.69, 9.17) is 4.74 Å². The average molecular weight is 303 g/mol. The average Bonchev–Trinajstić information content (AvgIpc) is 2.56. The molecule has 0 saturated carbocycles. The summed E-state index contributed by atoms with van der Waals surface area (Å²) >= 11 is 0. The number of ether oxygens (including phenoxy) is 1. The molecule has 1 aromatic rings. The minimum Gasteiger partial charge on any atom is -0.370 e. The van der Waals surface area contributed by atoms with Crippen LogP contribution >= 0.6 is 0 Å². The molecule has 22 heavy (non-hydrogen) atoms. The third-order valence-electron chi connectivity index (χ3n) is 3.81. The Kier molecular flexibility index (Phi) is 6.40. The molecule has 1 aromatic heterocycles. The Morgan fingerprint density at radius 3 is 3.00 bits per heavy atom. The van der Waals surface area contributed by atoms with Gasteiger partial charge in [-0.1, -0.05) is 6.08 Å². The fourth-order valence-electron chi connectivity index (χ4n) is 2.53. The highest BCUT2D eigenvalue weighted by atomic mass is 16.5. The van der Waals surface area contributed by atoms with Crippen molar-refractivity contribution in [2.45, 2.75) is 38.7 Å². The molecule has 0 spiro atoms. The van der Waals surface area contributed by atoms with Crippen molar-refractivity contribution in [2.24, 2.45) is 0 Å². The number of nitrogens with zero attached hydrogens (tertiary/aromatic N) is 2. The summed E-state index contributed by atoms with van der Waals surface area (Å²) in [5.74, 6) is -0.143. The van der Waals surface area contributed by atoms with E-state index in [2.05, 4.69) is 21.8 Å². The third-order valence-corrected chi connectivity index (χ3v) is 3.81. The minimum atomic E-state index is -0.491. The predicted molar refractivity (Wildman–Crippen MR) is 89.2 cm³/mol. The van der Waals surface area contributed by atoms with Crippen molar-refractivity contribution >= 4 is 17.3 Å². The predicted octanol–water partition coefficient (Wildman–Crippen LogP) is 2.99. The van der Waals surface area contributed by atoms with Crippen LogP contribution in [-0.2, 0) is 9.53 Å². The van der Waals surface area contributed by atoms with Crippen LogP contribution in [-0.4, -0.2) is 36.7 Å². The molecule has 5 heteroatoms. The van der Waals surface area contributed by atoms with Crippen molar-refractivity contribution in [2.75, 3.05) is 29.9 Å². The fraction of sp³-hybridized carbons (Fsp3) is 0.529. The lowest BCUT2D eigenvalue weighted by Crippen LogP contribution is -2.32. The van der Waals surface area contributed by atoms with Gasteiger partial charge < -0.3 is 15.0 Å². The second-order valence-electron chi connectivity index (χ2n) is 5.52. The quantitative estimate of drug-likeness (QED) is 0.621.